The smallest absolute Gasteiger partial charge is 0.306 e. The Kier molecular flexibility index (Phi) is 32.9. The van der Waals surface area contributed by atoms with Crippen molar-refractivity contribution in [2.24, 2.45) is 0 Å². The molecular weight excluding hydrogens is 829 g/mol. The number of carbonyl (C=O) groups is 2. The van der Waals surface area contributed by atoms with Gasteiger partial charge < -0.3 is 64.2 Å². The van der Waals surface area contributed by atoms with Crippen LogP contribution in [-0.2, 0) is 38.0 Å². The first-order valence-electron chi connectivity index (χ1n) is 24.2. The first-order valence-corrected chi connectivity index (χ1v) is 24.2. The highest BCUT2D eigenvalue weighted by Crippen LogP contribution is 2.26. The number of rotatable bonds is 36. The van der Waals surface area contributed by atoms with Crippen molar-refractivity contribution >= 4 is 11.9 Å². The summed E-state index contributed by atoms with van der Waals surface area (Å²) >= 11 is 0. The first kappa shape index (κ1) is 57.6. The van der Waals surface area contributed by atoms with Crippen molar-refractivity contribution in [1.29, 1.82) is 0 Å². The van der Waals surface area contributed by atoms with Crippen LogP contribution in [0.25, 0.3) is 0 Å². The number of allylic oxidation sites excluding steroid dienone is 8. The molecular formula is C49H84O15. The fourth-order valence-corrected chi connectivity index (χ4v) is 7.32. The standard InChI is InChI=1S/C49H84O15/c1-3-5-7-9-11-13-15-17-18-20-22-24-26-28-30-32-41(52)62-37(34-59-40(51)31-29-27-25-23-21-19-16-14-12-10-8-6-4-2)35-60-48-47(58)45(56)43(54)39(64-48)36-61-49-46(57)44(55)42(53)38(33-50)63-49/h5,7,11,13,17-18,22,24,37-39,42-50,53-58H,3-4,6,8-10,12,14-16,19-21,23,25-36H2,1-2H3/b7-5-,13-11-,18-17-,24-22-. The Morgan fingerprint density at radius 2 is 0.984 bits per heavy atom. The Labute approximate surface area is 382 Å². The third kappa shape index (κ3) is 24.8. The van der Waals surface area contributed by atoms with Gasteiger partial charge in [-0.15, -0.1) is 0 Å². The van der Waals surface area contributed by atoms with E-state index in [4.69, 9.17) is 28.4 Å². The molecule has 2 aliphatic heterocycles. The van der Waals surface area contributed by atoms with Crippen molar-refractivity contribution in [2.45, 2.75) is 223 Å². The van der Waals surface area contributed by atoms with Crippen molar-refractivity contribution in [2.75, 3.05) is 26.4 Å². The highest BCUT2D eigenvalue weighted by molar-refractivity contribution is 5.70. The highest BCUT2D eigenvalue weighted by Gasteiger charge is 2.47. The first-order chi connectivity index (χ1) is 31.0. The molecule has 7 N–H and O–H groups in total. The summed E-state index contributed by atoms with van der Waals surface area (Å²) in [4.78, 5) is 25.7. The van der Waals surface area contributed by atoms with E-state index in [0.29, 0.717) is 12.8 Å². The van der Waals surface area contributed by atoms with Gasteiger partial charge in [0.25, 0.3) is 0 Å². The molecule has 2 aliphatic rings. The molecule has 0 aromatic rings. The van der Waals surface area contributed by atoms with E-state index < -0.39 is 99.3 Å². The fourth-order valence-electron chi connectivity index (χ4n) is 7.32. The largest absolute Gasteiger partial charge is 0.462 e. The maximum absolute atomic E-state index is 12.9. The molecule has 370 valence electrons. The Bertz CT molecular complexity index is 1300. The normalized spacial score (nSPS) is 27.0. The Hall–Kier alpha value is -2.54. The molecule has 0 radical (unpaired) electrons. The van der Waals surface area contributed by atoms with Gasteiger partial charge in [0.05, 0.1) is 19.8 Å². The summed E-state index contributed by atoms with van der Waals surface area (Å²) in [5.74, 6) is -0.974. The molecule has 2 rings (SSSR count). The summed E-state index contributed by atoms with van der Waals surface area (Å²) in [5.41, 5.74) is 0. The number of carbonyl (C=O) groups excluding carboxylic acids is 2. The van der Waals surface area contributed by atoms with Gasteiger partial charge in [0, 0.05) is 12.8 Å². The summed E-state index contributed by atoms with van der Waals surface area (Å²) in [6.07, 6.45) is 21.5. The lowest BCUT2D eigenvalue weighted by molar-refractivity contribution is -0.332. The average Bonchev–Trinajstić information content (AvgIpc) is 3.29. The van der Waals surface area contributed by atoms with E-state index in [1.54, 1.807) is 0 Å². The lowest BCUT2D eigenvalue weighted by Crippen LogP contribution is -2.61. The van der Waals surface area contributed by atoms with Crippen LogP contribution in [0.5, 0.6) is 0 Å². The average molecular weight is 913 g/mol. The number of aliphatic hydroxyl groups is 7. The lowest BCUT2D eigenvalue weighted by atomic mass is 9.98. The van der Waals surface area contributed by atoms with Crippen molar-refractivity contribution < 1.29 is 73.8 Å². The molecule has 2 fully saturated rings. The molecule has 0 saturated carbocycles. The van der Waals surface area contributed by atoms with E-state index in [0.717, 1.165) is 57.8 Å². The summed E-state index contributed by atoms with van der Waals surface area (Å²) < 4.78 is 33.5. The molecule has 2 heterocycles. The van der Waals surface area contributed by atoms with Crippen molar-refractivity contribution in [3.8, 4) is 0 Å². The van der Waals surface area contributed by atoms with Gasteiger partial charge in [-0.1, -0.05) is 140 Å². The Morgan fingerprint density at radius 3 is 1.55 bits per heavy atom. The van der Waals surface area contributed by atoms with Crippen LogP contribution in [-0.4, -0.2) is 142 Å². The second kappa shape index (κ2) is 36.6. The van der Waals surface area contributed by atoms with Crippen LogP contribution in [0.3, 0.4) is 0 Å². The molecule has 15 heteroatoms. The maximum atomic E-state index is 12.9. The lowest BCUT2D eigenvalue weighted by Gasteiger charge is -2.42. The molecule has 11 unspecified atom stereocenters. The quantitative estimate of drug-likeness (QED) is 0.0220. The second-order valence-corrected chi connectivity index (χ2v) is 16.9. The SMILES string of the molecule is CC/C=C\C/C=C\C/C=C\C/C=C\CCCCC(=O)OC(COC(=O)CCCCCCCCCCCCCCC)COC1OC(COC2OC(CO)C(O)C(O)C2O)C(O)C(O)C1O. The van der Waals surface area contributed by atoms with Gasteiger partial charge in [0.2, 0.25) is 0 Å². The number of aliphatic hydroxyl groups excluding tert-OH is 7. The molecule has 15 nitrogen and oxygen atoms in total. The minimum atomic E-state index is -1.77. The van der Waals surface area contributed by atoms with Gasteiger partial charge in [0.15, 0.2) is 18.7 Å². The van der Waals surface area contributed by atoms with E-state index in [1.165, 1.54) is 57.8 Å². The second-order valence-electron chi connectivity index (χ2n) is 16.9. The van der Waals surface area contributed by atoms with E-state index >= 15 is 0 Å². The molecule has 11 atom stereocenters. The monoisotopic (exact) mass is 913 g/mol. The molecule has 64 heavy (non-hydrogen) atoms. The Balaban J connectivity index is 1.86. The Morgan fingerprint density at radius 1 is 0.516 bits per heavy atom. The third-order valence-electron chi connectivity index (χ3n) is 11.3. The summed E-state index contributed by atoms with van der Waals surface area (Å²) in [7, 11) is 0. The number of esters is 2. The zero-order chi connectivity index (χ0) is 46.8. The topological polar surface area (TPSA) is 231 Å². The molecule has 0 aliphatic carbocycles. The van der Waals surface area contributed by atoms with Crippen LogP contribution < -0.4 is 0 Å². The molecule has 0 aromatic heterocycles. The van der Waals surface area contributed by atoms with Gasteiger partial charge in [0.1, 0.15) is 55.4 Å². The minimum absolute atomic E-state index is 0.113. The van der Waals surface area contributed by atoms with Crippen molar-refractivity contribution in [1.82, 2.24) is 0 Å². The molecule has 0 bridgehead atoms. The number of hydrogen-bond acceptors (Lipinski definition) is 15. The molecule has 0 aromatic carbocycles. The van der Waals surface area contributed by atoms with E-state index in [-0.39, 0.29) is 19.4 Å². The maximum Gasteiger partial charge on any atom is 0.306 e. The third-order valence-corrected chi connectivity index (χ3v) is 11.3. The molecule has 2 saturated heterocycles. The predicted molar refractivity (Wildman–Crippen MR) is 243 cm³/mol. The van der Waals surface area contributed by atoms with Gasteiger partial charge >= 0.3 is 11.9 Å². The highest BCUT2D eigenvalue weighted by atomic mass is 16.7. The summed E-state index contributed by atoms with van der Waals surface area (Å²) in [5, 5.41) is 71.9. The van der Waals surface area contributed by atoms with E-state index in [9.17, 15) is 45.3 Å². The van der Waals surface area contributed by atoms with Crippen LogP contribution in [0.2, 0.25) is 0 Å². The van der Waals surface area contributed by atoms with Crippen LogP contribution >= 0.6 is 0 Å². The van der Waals surface area contributed by atoms with Crippen LogP contribution in [0, 0.1) is 0 Å². The molecule has 0 amide bonds. The van der Waals surface area contributed by atoms with Crippen LogP contribution in [0.15, 0.2) is 48.6 Å². The van der Waals surface area contributed by atoms with Gasteiger partial charge in [-0.2, -0.15) is 0 Å². The zero-order valence-electron chi connectivity index (χ0n) is 38.8. The van der Waals surface area contributed by atoms with Crippen LogP contribution in [0.4, 0.5) is 0 Å². The molecule has 0 spiro atoms. The number of hydrogen-bond donors (Lipinski definition) is 7. The van der Waals surface area contributed by atoms with Crippen molar-refractivity contribution in [3.63, 3.8) is 0 Å². The van der Waals surface area contributed by atoms with Gasteiger partial charge in [-0.25, -0.2) is 0 Å². The van der Waals surface area contributed by atoms with Gasteiger partial charge in [-0.3, -0.25) is 9.59 Å². The van der Waals surface area contributed by atoms with Crippen molar-refractivity contribution in [3.05, 3.63) is 48.6 Å². The van der Waals surface area contributed by atoms with Gasteiger partial charge in [-0.05, 0) is 51.4 Å². The number of ether oxygens (including phenoxy) is 6. The minimum Gasteiger partial charge on any atom is -0.462 e. The van der Waals surface area contributed by atoms with E-state index in [2.05, 4.69) is 62.5 Å². The summed E-state index contributed by atoms with van der Waals surface area (Å²) in [6.45, 7) is 2.41. The predicted octanol–water partition coefficient (Wildman–Crippen LogP) is 5.93. The fraction of sp³-hybridized carbons (Fsp3) is 0.796. The number of unbranched alkanes of at least 4 members (excludes halogenated alkanes) is 14. The van der Waals surface area contributed by atoms with Crippen LogP contribution in [0.1, 0.15) is 155 Å². The summed E-state index contributed by atoms with van der Waals surface area (Å²) in [6, 6.07) is 0. The zero-order valence-corrected chi connectivity index (χ0v) is 38.8. The van der Waals surface area contributed by atoms with E-state index in [1.807, 2.05) is 0 Å².